The second-order valence-electron chi connectivity index (χ2n) is 3.09. The maximum atomic E-state index is 11.1. The lowest BCUT2D eigenvalue weighted by atomic mass is 10.2. The van der Waals surface area contributed by atoms with Gasteiger partial charge >= 0.3 is 0 Å². The van der Waals surface area contributed by atoms with Gasteiger partial charge in [-0.1, -0.05) is 13.8 Å². The zero-order valence-corrected chi connectivity index (χ0v) is 9.02. The highest BCUT2D eigenvalue weighted by Gasteiger charge is 2.08. The first kappa shape index (κ1) is 12.8. The van der Waals surface area contributed by atoms with Crippen molar-refractivity contribution in [2.24, 2.45) is 11.7 Å². The Morgan fingerprint density at radius 3 is 2.46 bits per heavy atom. The number of nitrogens with two attached hydrogens (primary N) is 1. The standard InChI is InChI=1S/C7H19N3O2S/c1-3-4-9-13(11,12)10-6-7(2)5-8/h7,9-10H,3-6,8H2,1-2H3. The van der Waals surface area contributed by atoms with Crippen molar-refractivity contribution < 1.29 is 8.42 Å². The molecular weight excluding hydrogens is 190 g/mol. The Labute approximate surface area is 80.3 Å². The Balaban J connectivity index is 3.76. The molecule has 0 aliphatic rings. The first-order chi connectivity index (χ1) is 6.02. The summed E-state index contributed by atoms with van der Waals surface area (Å²) < 4.78 is 27.1. The summed E-state index contributed by atoms with van der Waals surface area (Å²) in [5.41, 5.74) is 5.35. The van der Waals surface area contributed by atoms with Crippen LogP contribution in [0.3, 0.4) is 0 Å². The van der Waals surface area contributed by atoms with Gasteiger partial charge in [-0.3, -0.25) is 0 Å². The summed E-state index contributed by atoms with van der Waals surface area (Å²) >= 11 is 0. The number of rotatable bonds is 7. The second kappa shape index (κ2) is 6.31. The van der Waals surface area contributed by atoms with Crippen molar-refractivity contribution in [2.45, 2.75) is 20.3 Å². The third-order valence-corrected chi connectivity index (χ3v) is 2.70. The van der Waals surface area contributed by atoms with E-state index in [9.17, 15) is 8.42 Å². The van der Waals surface area contributed by atoms with E-state index >= 15 is 0 Å². The molecule has 0 aliphatic heterocycles. The Morgan fingerprint density at radius 1 is 1.38 bits per heavy atom. The molecule has 0 aromatic rings. The molecule has 0 aromatic heterocycles. The molecule has 0 rings (SSSR count). The summed E-state index contributed by atoms with van der Waals surface area (Å²) in [6.07, 6.45) is 0.785. The smallest absolute Gasteiger partial charge is 0.276 e. The third kappa shape index (κ3) is 6.94. The maximum Gasteiger partial charge on any atom is 0.276 e. The Kier molecular flexibility index (Phi) is 6.23. The summed E-state index contributed by atoms with van der Waals surface area (Å²) in [4.78, 5) is 0. The number of hydrogen-bond donors (Lipinski definition) is 3. The van der Waals surface area contributed by atoms with Crippen LogP contribution in [0.2, 0.25) is 0 Å². The highest BCUT2D eigenvalue weighted by Crippen LogP contribution is 1.88. The van der Waals surface area contributed by atoms with Crippen LogP contribution in [0.1, 0.15) is 20.3 Å². The molecule has 0 bridgehead atoms. The number of hydrogen-bond acceptors (Lipinski definition) is 3. The van der Waals surface area contributed by atoms with Crippen LogP contribution in [-0.4, -0.2) is 28.1 Å². The average Bonchev–Trinajstić information content (AvgIpc) is 2.11. The largest absolute Gasteiger partial charge is 0.330 e. The van der Waals surface area contributed by atoms with E-state index in [0.29, 0.717) is 19.6 Å². The van der Waals surface area contributed by atoms with E-state index in [-0.39, 0.29) is 5.92 Å². The van der Waals surface area contributed by atoms with Crippen molar-refractivity contribution in [1.29, 1.82) is 0 Å². The first-order valence-corrected chi connectivity index (χ1v) is 5.94. The predicted octanol–water partition coefficient (Wildman–Crippen LogP) is -0.585. The van der Waals surface area contributed by atoms with Gasteiger partial charge in [-0.15, -0.1) is 0 Å². The average molecular weight is 209 g/mol. The second-order valence-corrected chi connectivity index (χ2v) is 4.67. The molecule has 0 heterocycles. The minimum absolute atomic E-state index is 0.165. The monoisotopic (exact) mass is 209 g/mol. The van der Waals surface area contributed by atoms with Crippen LogP contribution in [0.4, 0.5) is 0 Å². The number of nitrogens with one attached hydrogen (secondary N) is 2. The first-order valence-electron chi connectivity index (χ1n) is 4.46. The lowest BCUT2D eigenvalue weighted by Gasteiger charge is -2.10. The van der Waals surface area contributed by atoms with Crippen LogP contribution in [0.5, 0.6) is 0 Å². The van der Waals surface area contributed by atoms with Crippen LogP contribution in [-0.2, 0) is 10.2 Å². The van der Waals surface area contributed by atoms with Crippen LogP contribution in [0.25, 0.3) is 0 Å². The van der Waals surface area contributed by atoms with Crippen molar-refractivity contribution in [1.82, 2.24) is 9.44 Å². The van der Waals surface area contributed by atoms with Crippen LogP contribution in [0.15, 0.2) is 0 Å². The molecule has 0 amide bonds. The summed E-state index contributed by atoms with van der Waals surface area (Å²) in [6, 6.07) is 0. The highest BCUT2D eigenvalue weighted by molar-refractivity contribution is 7.87. The lowest BCUT2D eigenvalue weighted by molar-refractivity contribution is 0.534. The van der Waals surface area contributed by atoms with E-state index in [1.54, 1.807) is 0 Å². The molecule has 6 heteroatoms. The van der Waals surface area contributed by atoms with Crippen molar-refractivity contribution in [3.63, 3.8) is 0 Å². The molecule has 0 saturated heterocycles. The molecule has 0 fully saturated rings. The van der Waals surface area contributed by atoms with E-state index in [4.69, 9.17) is 5.73 Å². The Bertz CT molecular complexity index is 216. The van der Waals surface area contributed by atoms with E-state index in [0.717, 1.165) is 6.42 Å². The lowest BCUT2D eigenvalue weighted by Crippen LogP contribution is -2.40. The van der Waals surface area contributed by atoms with Gasteiger partial charge in [0.05, 0.1) is 0 Å². The van der Waals surface area contributed by atoms with Gasteiger partial charge in [-0.25, -0.2) is 9.44 Å². The highest BCUT2D eigenvalue weighted by atomic mass is 32.2. The van der Waals surface area contributed by atoms with E-state index in [1.165, 1.54) is 0 Å². The topological polar surface area (TPSA) is 84.2 Å². The summed E-state index contributed by atoms with van der Waals surface area (Å²) in [7, 11) is -3.30. The van der Waals surface area contributed by atoms with Crippen molar-refractivity contribution in [2.75, 3.05) is 19.6 Å². The summed E-state index contributed by atoms with van der Waals surface area (Å²) in [5.74, 6) is 0.165. The predicted molar refractivity (Wildman–Crippen MR) is 53.4 cm³/mol. The van der Waals surface area contributed by atoms with Crippen molar-refractivity contribution in [3.05, 3.63) is 0 Å². The summed E-state index contributed by atoms with van der Waals surface area (Å²) in [5, 5.41) is 0. The molecule has 1 unspecified atom stereocenters. The van der Waals surface area contributed by atoms with E-state index in [1.807, 2.05) is 13.8 Å². The zero-order chi connectivity index (χ0) is 10.3. The van der Waals surface area contributed by atoms with Gasteiger partial charge in [-0.05, 0) is 18.9 Å². The van der Waals surface area contributed by atoms with Crippen LogP contribution in [0, 0.1) is 5.92 Å². The van der Waals surface area contributed by atoms with Crippen molar-refractivity contribution >= 4 is 10.2 Å². The molecular formula is C7H19N3O2S. The maximum absolute atomic E-state index is 11.1. The van der Waals surface area contributed by atoms with E-state index in [2.05, 4.69) is 9.44 Å². The molecule has 13 heavy (non-hydrogen) atoms. The van der Waals surface area contributed by atoms with Gasteiger partial charge in [0.25, 0.3) is 10.2 Å². The zero-order valence-electron chi connectivity index (χ0n) is 8.21. The molecule has 0 saturated carbocycles. The quantitative estimate of drug-likeness (QED) is 0.524. The van der Waals surface area contributed by atoms with Gasteiger partial charge in [-0.2, -0.15) is 8.42 Å². The molecule has 80 valence electrons. The van der Waals surface area contributed by atoms with Gasteiger partial charge < -0.3 is 5.73 Å². The van der Waals surface area contributed by atoms with Crippen LogP contribution < -0.4 is 15.2 Å². The summed E-state index contributed by atoms with van der Waals surface area (Å²) in [6.45, 7) is 5.13. The van der Waals surface area contributed by atoms with Gasteiger partial charge in [0.15, 0.2) is 0 Å². The fourth-order valence-electron chi connectivity index (χ4n) is 0.623. The van der Waals surface area contributed by atoms with Crippen LogP contribution >= 0.6 is 0 Å². The molecule has 0 spiro atoms. The minimum atomic E-state index is -3.30. The van der Waals surface area contributed by atoms with Crippen molar-refractivity contribution in [3.8, 4) is 0 Å². The normalized spacial score (nSPS) is 14.4. The third-order valence-electron chi connectivity index (χ3n) is 1.57. The minimum Gasteiger partial charge on any atom is -0.330 e. The molecule has 4 N–H and O–H groups in total. The fraction of sp³-hybridized carbons (Fsp3) is 1.00. The Hall–Kier alpha value is -0.170. The molecule has 5 nitrogen and oxygen atoms in total. The molecule has 1 atom stereocenters. The Morgan fingerprint density at radius 2 is 2.00 bits per heavy atom. The van der Waals surface area contributed by atoms with Gasteiger partial charge in [0, 0.05) is 13.1 Å². The SMILES string of the molecule is CCCNS(=O)(=O)NCC(C)CN. The molecule has 0 aromatic carbocycles. The van der Waals surface area contributed by atoms with E-state index < -0.39 is 10.2 Å². The van der Waals surface area contributed by atoms with Gasteiger partial charge in [0.1, 0.15) is 0 Å². The molecule has 0 aliphatic carbocycles. The molecule has 0 radical (unpaired) electrons. The fourth-order valence-corrected chi connectivity index (χ4v) is 1.70. The van der Waals surface area contributed by atoms with Gasteiger partial charge in [0.2, 0.25) is 0 Å².